The van der Waals surface area contributed by atoms with Crippen LogP contribution in [-0.4, -0.2) is 32.1 Å². The number of nitrogens with one attached hydrogen (secondary N) is 1. The molecule has 2 heterocycles. The van der Waals surface area contributed by atoms with Crippen LogP contribution in [0.15, 0.2) is 8.76 Å². The highest BCUT2D eigenvalue weighted by molar-refractivity contribution is 8.01. The number of thioether (sulfide) groups is 1. The largest absolute Gasteiger partial charge is 0.408 e. The summed E-state index contributed by atoms with van der Waals surface area (Å²) in [7, 11) is 0. The second-order valence-corrected chi connectivity index (χ2v) is 6.43. The van der Waals surface area contributed by atoms with E-state index in [1.54, 1.807) is 0 Å². The van der Waals surface area contributed by atoms with Gasteiger partial charge in [0.25, 0.3) is 0 Å². The zero-order valence-corrected chi connectivity index (χ0v) is 12.3. The van der Waals surface area contributed by atoms with Crippen LogP contribution >= 0.6 is 23.1 Å². The van der Waals surface area contributed by atoms with Gasteiger partial charge in [0, 0.05) is 5.92 Å². The van der Waals surface area contributed by atoms with E-state index in [1.165, 1.54) is 23.1 Å². The molecule has 0 aliphatic carbocycles. The lowest BCUT2D eigenvalue weighted by molar-refractivity contribution is -0.113. The number of amides is 1. The minimum atomic E-state index is -0.211. The van der Waals surface area contributed by atoms with Crippen molar-refractivity contribution < 1.29 is 9.21 Å². The Bertz CT molecular complexity index is 566. The lowest BCUT2D eigenvalue weighted by Gasteiger charge is -1.98. The molecule has 2 aromatic heterocycles. The van der Waals surface area contributed by atoms with Crippen molar-refractivity contribution in [1.82, 2.24) is 20.4 Å². The number of nitrogens with zero attached hydrogens (tertiary/aromatic N) is 4. The van der Waals surface area contributed by atoms with Crippen LogP contribution in [0.25, 0.3) is 0 Å². The molecule has 0 saturated carbocycles. The van der Waals surface area contributed by atoms with Gasteiger partial charge < -0.3 is 4.42 Å². The molecule has 102 valence electrons. The highest BCUT2D eigenvalue weighted by Gasteiger charge is 2.13. The minimum Gasteiger partial charge on any atom is -0.408 e. The van der Waals surface area contributed by atoms with E-state index >= 15 is 0 Å². The molecule has 0 fully saturated rings. The molecule has 0 bridgehead atoms. The van der Waals surface area contributed by atoms with Crippen LogP contribution < -0.4 is 5.32 Å². The molecule has 0 atom stereocenters. The monoisotopic (exact) mass is 299 g/mol. The molecule has 0 unspecified atom stereocenters. The third-order valence-corrected chi connectivity index (χ3v) is 3.99. The highest BCUT2D eigenvalue weighted by Crippen LogP contribution is 2.22. The van der Waals surface area contributed by atoms with E-state index in [9.17, 15) is 4.79 Å². The van der Waals surface area contributed by atoms with Crippen molar-refractivity contribution in [1.29, 1.82) is 0 Å². The van der Waals surface area contributed by atoms with Gasteiger partial charge in [0.15, 0.2) is 4.34 Å². The molecule has 0 aromatic carbocycles. The van der Waals surface area contributed by atoms with E-state index in [-0.39, 0.29) is 23.6 Å². The summed E-state index contributed by atoms with van der Waals surface area (Å²) in [6, 6.07) is 0.128. The number of carbonyl (C=O) groups excluding carboxylic acids is 1. The molecule has 0 saturated heterocycles. The normalized spacial score (nSPS) is 10.9. The van der Waals surface area contributed by atoms with Crippen LogP contribution in [0.1, 0.15) is 30.7 Å². The Balaban J connectivity index is 1.83. The first kappa shape index (κ1) is 13.9. The number of hydrogen-bond acceptors (Lipinski definition) is 8. The standard InChI is InChI=1S/C10H13N5O2S2/c1-5(2)8-13-14-9(17-8)11-7(16)4-18-10-15-12-6(3)19-10/h5H,4H2,1-3H3,(H,11,14,16). The van der Waals surface area contributed by atoms with E-state index in [0.29, 0.717) is 5.89 Å². The van der Waals surface area contributed by atoms with Gasteiger partial charge in [0.1, 0.15) is 5.01 Å². The van der Waals surface area contributed by atoms with Gasteiger partial charge in [-0.25, -0.2) is 0 Å². The first-order valence-corrected chi connectivity index (χ1v) is 7.41. The van der Waals surface area contributed by atoms with Crippen LogP contribution in [0.4, 0.5) is 6.01 Å². The lowest BCUT2D eigenvalue weighted by atomic mass is 10.2. The van der Waals surface area contributed by atoms with Gasteiger partial charge in [-0.2, -0.15) is 0 Å². The Labute approximate surface area is 118 Å². The fourth-order valence-electron chi connectivity index (χ4n) is 1.14. The van der Waals surface area contributed by atoms with Gasteiger partial charge in [0.2, 0.25) is 11.8 Å². The second-order valence-electron chi connectivity index (χ2n) is 4.02. The lowest BCUT2D eigenvalue weighted by Crippen LogP contribution is -2.14. The van der Waals surface area contributed by atoms with Gasteiger partial charge in [0.05, 0.1) is 5.75 Å². The highest BCUT2D eigenvalue weighted by atomic mass is 32.2. The molecule has 9 heteroatoms. The van der Waals surface area contributed by atoms with Crippen molar-refractivity contribution in [2.75, 3.05) is 11.1 Å². The molecular formula is C10H13N5O2S2. The molecule has 2 aromatic rings. The van der Waals surface area contributed by atoms with Gasteiger partial charge in [-0.1, -0.05) is 42.0 Å². The van der Waals surface area contributed by atoms with Gasteiger partial charge in [-0.05, 0) is 6.92 Å². The molecule has 0 aliphatic rings. The van der Waals surface area contributed by atoms with Crippen molar-refractivity contribution in [2.45, 2.75) is 31.0 Å². The maximum atomic E-state index is 11.7. The summed E-state index contributed by atoms with van der Waals surface area (Å²) in [5.74, 6) is 0.657. The fourth-order valence-corrected chi connectivity index (χ4v) is 2.75. The average Bonchev–Trinajstić information content (AvgIpc) is 2.96. The number of anilines is 1. The average molecular weight is 299 g/mol. The number of hydrogen-bond donors (Lipinski definition) is 1. The molecule has 19 heavy (non-hydrogen) atoms. The number of rotatable bonds is 5. The van der Waals surface area contributed by atoms with Crippen molar-refractivity contribution in [3.8, 4) is 0 Å². The molecule has 0 aliphatic heterocycles. The van der Waals surface area contributed by atoms with E-state index in [0.717, 1.165) is 9.35 Å². The fraction of sp³-hybridized carbons (Fsp3) is 0.500. The van der Waals surface area contributed by atoms with Crippen LogP contribution in [0.5, 0.6) is 0 Å². The third kappa shape index (κ3) is 4.00. The Morgan fingerprint density at radius 3 is 2.74 bits per heavy atom. The predicted molar refractivity (Wildman–Crippen MR) is 72.4 cm³/mol. The van der Waals surface area contributed by atoms with Crippen LogP contribution in [0, 0.1) is 6.92 Å². The van der Waals surface area contributed by atoms with E-state index in [1.807, 2.05) is 20.8 Å². The molecular weight excluding hydrogens is 286 g/mol. The van der Waals surface area contributed by atoms with E-state index < -0.39 is 0 Å². The minimum absolute atomic E-state index is 0.128. The van der Waals surface area contributed by atoms with Crippen molar-refractivity contribution in [2.24, 2.45) is 0 Å². The van der Waals surface area contributed by atoms with Gasteiger partial charge in [-0.3, -0.25) is 10.1 Å². The quantitative estimate of drug-likeness (QED) is 0.845. The maximum absolute atomic E-state index is 11.7. The first-order valence-electron chi connectivity index (χ1n) is 5.60. The second kappa shape index (κ2) is 6.11. The summed E-state index contributed by atoms with van der Waals surface area (Å²) in [5, 5.41) is 18.8. The maximum Gasteiger partial charge on any atom is 0.322 e. The predicted octanol–water partition coefficient (Wildman–Crippen LogP) is 2.08. The third-order valence-electron chi connectivity index (χ3n) is 2.02. The summed E-state index contributed by atoms with van der Waals surface area (Å²) < 4.78 is 6.05. The molecule has 1 N–H and O–H groups in total. The van der Waals surface area contributed by atoms with Crippen molar-refractivity contribution in [3.05, 3.63) is 10.9 Å². The number of aromatic nitrogens is 4. The summed E-state index contributed by atoms with van der Waals surface area (Å²) in [6.45, 7) is 5.74. The Morgan fingerprint density at radius 1 is 1.37 bits per heavy atom. The SMILES string of the molecule is Cc1nnc(SCC(=O)Nc2nnc(C(C)C)o2)s1. The van der Waals surface area contributed by atoms with Crippen molar-refractivity contribution in [3.63, 3.8) is 0 Å². The smallest absolute Gasteiger partial charge is 0.322 e. The Hall–Kier alpha value is -1.48. The molecule has 0 spiro atoms. The van der Waals surface area contributed by atoms with Crippen LogP contribution in [0.2, 0.25) is 0 Å². The topological polar surface area (TPSA) is 93.8 Å². The first-order chi connectivity index (χ1) is 9.04. The van der Waals surface area contributed by atoms with Crippen LogP contribution in [0.3, 0.4) is 0 Å². The Morgan fingerprint density at radius 2 is 2.16 bits per heavy atom. The Kier molecular flexibility index (Phi) is 4.48. The molecule has 7 nitrogen and oxygen atoms in total. The van der Waals surface area contributed by atoms with E-state index in [4.69, 9.17) is 4.42 Å². The summed E-state index contributed by atoms with van der Waals surface area (Å²) in [6.07, 6.45) is 0. The number of carbonyl (C=O) groups is 1. The van der Waals surface area contributed by atoms with Crippen molar-refractivity contribution >= 4 is 35.0 Å². The number of aryl methyl sites for hydroxylation is 1. The summed E-state index contributed by atoms with van der Waals surface area (Å²) >= 11 is 2.78. The van der Waals surface area contributed by atoms with Gasteiger partial charge >= 0.3 is 6.01 Å². The molecule has 0 radical (unpaired) electrons. The summed E-state index contributed by atoms with van der Waals surface area (Å²) in [5.41, 5.74) is 0. The zero-order chi connectivity index (χ0) is 13.8. The zero-order valence-electron chi connectivity index (χ0n) is 10.7. The molecule has 1 amide bonds. The molecule has 2 rings (SSSR count). The van der Waals surface area contributed by atoms with E-state index in [2.05, 4.69) is 25.7 Å². The van der Waals surface area contributed by atoms with Crippen LogP contribution in [-0.2, 0) is 4.79 Å². The summed E-state index contributed by atoms with van der Waals surface area (Å²) in [4.78, 5) is 11.7. The van der Waals surface area contributed by atoms with Gasteiger partial charge in [-0.15, -0.1) is 15.3 Å².